The molecule has 4 aromatic rings. The van der Waals surface area contributed by atoms with Gasteiger partial charge in [0.05, 0.1) is 24.1 Å². The van der Waals surface area contributed by atoms with Crippen molar-refractivity contribution in [3.63, 3.8) is 0 Å². The summed E-state index contributed by atoms with van der Waals surface area (Å²) in [6, 6.07) is 16.7. The van der Waals surface area contributed by atoms with E-state index in [-0.39, 0.29) is 16.8 Å². The van der Waals surface area contributed by atoms with Crippen molar-refractivity contribution in [2.45, 2.75) is 13.0 Å². The van der Waals surface area contributed by atoms with Crippen molar-refractivity contribution in [2.75, 3.05) is 12.0 Å². The first-order valence-corrected chi connectivity index (χ1v) is 10.0. The van der Waals surface area contributed by atoms with Crippen LogP contribution in [0.2, 0.25) is 5.02 Å². The van der Waals surface area contributed by atoms with Crippen LogP contribution in [0.25, 0.3) is 11.0 Å². The molecule has 1 unspecified atom stereocenters. The molecule has 3 heterocycles. The fourth-order valence-corrected chi connectivity index (χ4v) is 4.14. The van der Waals surface area contributed by atoms with Crippen LogP contribution in [-0.4, -0.2) is 18.0 Å². The monoisotopic (exact) mass is 432 g/mol. The van der Waals surface area contributed by atoms with Crippen LogP contribution < -0.4 is 15.1 Å². The quantitative estimate of drug-likeness (QED) is 0.460. The molecule has 7 heteroatoms. The molecule has 5 rings (SSSR count). The molecular weight excluding hydrogens is 416 g/mol. The average Bonchev–Trinajstić information content (AvgIpc) is 3.07. The number of nitrogens with zero attached hydrogens (tertiary/aromatic N) is 2. The van der Waals surface area contributed by atoms with Gasteiger partial charge in [-0.25, -0.2) is 4.98 Å². The molecule has 1 aliphatic heterocycles. The van der Waals surface area contributed by atoms with Gasteiger partial charge in [-0.05, 0) is 55.0 Å². The molecule has 0 radical (unpaired) electrons. The third kappa shape index (κ3) is 3.07. The fourth-order valence-electron chi connectivity index (χ4n) is 3.97. The van der Waals surface area contributed by atoms with E-state index in [2.05, 4.69) is 4.98 Å². The maximum atomic E-state index is 13.6. The van der Waals surface area contributed by atoms with E-state index in [1.54, 1.807) is 43.5 Å². The van der Waals surface area contributed by atoms with E-state index >= 15 is 0 Å². The van der Waals surface area contributed by atoms with Crippen LogP contribution in [0, 0.1) is 6.92 Å². The molecule has 2 aromatic carbocycles. The zero-order chi connectivity index (χ0) is 21.7. The number of carbonyl (C=O) groups excluding carboxylic acids is 1. The van der Waals surface area contributed by atoms with Crippen molar-refractivity contribution in [3.05, 3.63) is 98.5 Å². The predicted octanol–water partition coefficient (Wildman–Crippen LogP) is 4.91. The zero-order valence-electron chi connectivity index (χ0n) is 16.8. The number of pyridine rings is 1. The summed E-state index contributed by atoms with van der Waals surface area (Å²) in [7, 11) is 1.57. The minimum atomic E-state index is -0.716. The van der Waals surface area contributed by atoms with Gasteiger partial charge in [-0.15, -0.1) is 0 Å². The summed E-state index contributed by atoms with van der Waals surface area (Å²) in [4.78, 5) is 33.1. The SMILES string of the molecule is COc1cccc(C2c3c(oc4ccc(Cl)cc4c3=O)C(=O)N2c2cccc(C)n2)c1. The zero-order valence-corrected chi connectivity index (χ0v) is 17.5. The Kier molecular flexibility index (Phi) is 4.52. The Morgan fingerprint density at radius 1 is 1.06 bits per heavy atom. The van der Waals surface area contributed by atoms with E-state index in [1.165, 1.54) is 4.90 Å². The van der Waals surface area contributed by atoms with E-state index in [1.807, 2.05) is 31.2 Å². The number of amides is 1. The van der Waals surface area contributed by atoms with Gasteiger partial charge in [0.15, 0.2) is 5.43 Å². The summed E-state index contributed by atoms with van der Waals surface area (Å²) in [5, 5.41) is 0.741. The summed E-state index contributed by atoms with van der Waals surface area (Å²) < 4.78 is 11.3. The number of anilines is 1. The Bertz CT molecular complexity index is 1410. The van der Waals surface area contributed by atoms with Gasteiger partial charge in [-0.3, -0.25) is 14.5 Å². The molecule has 0 aliphatic carbocycles. The second kappa shape index (κ2) is 7.25. The Hall–Kier alpha value is -3.64. The lowest BCUT2D eigenvalue weighted by atomic mass is 9.98. The number of methoxy groups -OCH3 is 1. The van der Waals surface area contributed by atoms with Gasteiger partial charge in [0.1, 0.15) is 17.2 Å². The van der Waals surface area contributed by atoms with Crippen LogP contribution in [0.15, 0.2) is 69.9 Å². The van der Waals surface area contributed by atoms with Crippen LogP contribution in [-0.2, 0) is 0 Å². The van der Waals surface area contributed by atoms with Gasteiger partial charge >= 0.3 is 0 Å². The molecule has 0 spiro atoms. The number of benzene rings is 2. The topological polar surface area (TPSA) is 72.6 Å². The van der Waals surface area contributed by atoms with Crippen LogP contribution in [0.1, 0.15) is 33.4 Å². The van der Waals surface area contributed by atoms with Crippen LogP contribution in [0.4, 0.5) is 5.82 Å². The Balaban J connectivity index is 1.83. The third-order valence-corrected chi connectivity index (χ3v) is 5.60. The molecule has 0 N–H and O–H groups in total. The van der Waals surface area contributed by atoms with Crippen molar-refractivity contribution in [3.8, 4) is 5.75 Å². The van der Waals surface area contributed by atoms with E-state index in [4.69, 9.17) is 20.8 Å². The number of rotatable bonds is 3. The highest BCUT2D eigenvalue weighted by Crippen LogP contribution is 2.41. The van der Waals surface area contributed by atoms with Crippen LogP contribution in [0.3, 0.4) is 0 Å². The Morgan fingerprint density at radius 2 is 1.87 bits per heavy atom. The second-order valence-electron chi connectivity index (χ2n) is 7.31. The minimum Gasteiger partial charge on any atom is -0.497 e. The molecule has 0 bridgehead atoms. The first-order valence-electron chi connectivity index (χ1n) is 9.65. The Labute approximate surface area is 182 Å². The predicted molar refractivity (Wildman–Crippen MR) is 118 cm³/mol. The first kappa shape index (κ1) is 19.3. The van der Waals surface area contributed by atoms with Gasteiger partial charge in [-0.2, -0.15) is 0 Å². The van der Waals surface area contributed by atoms with Crippen molar-refractivity contribution in [1.82, 2.24) is 4.98 Å². The number of fused-ring (bicyclic) bond motifs is 2. The minimum absolute atomic E-state index is 0.0101. The molecular formula is C24H17ClN2O4. The maximum absolute atomic E-state index is 13.6. The number of halogens is 1. The molecule has 31 heavy (non-hydrogen) atoms. The highest BCUT2D eigenvalue weighted by Gasteiger charge is 2.44. The van der Waals surface area contributed by atoms with Gasteiger partial charge in [0.25, 0.3) is 5.91 Å². The lowest BCUT2D eigenvalue weighted by Gasteiger charge is -2.24. The average molecular weight is 433 g/mol. The number of hydrogen-bond acceptors (Lipinski definition) is 5. The van der Waals surface area contributed by atoms with E-state index in [0.29, 0.717) is 33.1 Å². The lowest BCUT2D eigenvalue weighted by molar-refractivity contribution is 0.0970. The molecule has 1 atom stereocenters. The van der Waals surface area contributed by atoms with Crippen molar-refractivity contribution in [2.24, 2.45) is 0 Å². The molecule has 0 fully saturated rings. The first-order chi connectivity index (χ1) is 15.0. The highest BCUT2D eigenvalue weighted by atomic mass is 35.5. The smallest absolute Gasteiger partial charge is 0.296 e. The summed E-state index contributed by atoms with van der Waals surface area (Å²) >= 11 is 6.12. The van der Waals surface area contributed by atoms with Crippen LogP contribution in [0.5, 0.6) is 5.75 Å². The lowest BCUT2D eigenvalue weighted by Crippen LogP contribution is -2.30. The molecule has 154 valence electrons. The van der Waals surface area contributed by atoms with E-state index < -0.39 is 11.9 Å². The molecule has 1 amide bonds. The molecule has 1 aliphatic rings. The summed E-state index contributed by atoms with van der Waals surface area (Å²) in [6.07, 6.45) is 0. The highest BCUT2D eigenvalue weighted by molar-refractivity contribution is 6.31. The molecule has 0 saturated carbocycles. The van der Waals surface area contributed by atoms with E-state index in [0.717, 1.165) is 5.69 Å². The third-order valence-electron chi connectivity index (χ3n) is 5.36. The van der Waals surface area contributed by atoms with Gasteiger partial charge < -0.3 is 9.15 Å². The molecule has 6 nitrogen and oxygen atoms in total. The van der Waals surface area contributed by atoms with Crippen LogP contribution >= 0.6 is 11.6 Å². The van der Waals surface area contributed by atoms with Gasteiger partial charge in [0.2, 0.25) is 5.76 Å². The number of aromatic nitrogens is 1. The number of carbonyl (C=O) groups is 1. The summed E-state index contributed by atoms with van der Waals surface area (Å²) in [5.41, 5.74) is 1.74. The van der Waals surface area contributed by atoms with Crippen molar-refractivity contribution < 1.29 is 13.9 Å². The normalized spacial score (nSPS) is 15.4. The number of ether oxygens (including phenoxy) is 1. The van der Waals surface area contributed by atoms with E-state index in [9.17, 15) is 9.59 Å². The Morgan fingerprint density at radius 3 is 2.65 bits per heavy atom. The van der Waals surface area contributed by atoms with Gasteiger partial charge in [-0.1, -0.05) is 29.8 Å². The largest absolute Gasteiger partial charge is 0.497 e. The molecule has 2 aromatic heterocycles. The summed E-state index contributed by atoms with van der Waals surface area (Å²) in [6.45, 7) is 1.84. The molecule has 0 saturated heterocycles. The second-order valence-corrected chi connectivity index (χ2v) is 7.74. The van der Waals surface area contributed by atoms with Crippen molar-refractivity contribution in [1.29, 1.82) is 0 Å². The summed E-state index contributed by atoms with van der Waals surface area (Å²) in [5.74, 6) is 0.639. The number of hydrogen-bond donors (Lipinski definition) is 0. The van der Waals surface area contributed by atoms with Crippen molar-refractivity contribution >= 4 is 34.3 Å². The standard InChI is InChI=1S/C24H17ClN2O4/c1-13-5-3-8-19(26-13)27-21(14-6-4-7-16(11-14)30-2)20-22(28)17-12-15(25)9-10-18(17)31-23(20)24(27)29/h3-12,21H,1-2H3. The van der Waals surface area contributed by atoms with Gasteiger partial charge in [0, 0.05) is 10.7 Å². The number of aryl methyl sites for hydroxylation is 1. The fraction of sp³-hybridized carbons (Fsp3) is 0.125. The maximum Gasteiger partial charge on any atom is 0.296 e.